The van der Waals surface area contributed by atoms with Gasteiger partial charge in [0.05, 0.1) is 0 Å². The summed E-state index contributed by atoms with van der Waals surface area (Å²) in [6.45, 7) is 0. The molecule has 0 bridgehead atoms. The van der Waals surface area contributed by atoms with E-state index in [0.29, 0.717) is 0 Å². The van der Waals surface area contributed by atoms with Crippen LogP contribution in [0.5, 0.6) is 0 Å². The van der Waals surface area contributed by atoms with E-state index in [2.05, 4.69) is 98.8 Å². The van der Waals surface area contributed by atoms with E-state index < -0.39 is 0 Å². The van der Waals surface area contributed by atoms with E-state index in [1.807, 2.05) is 0 Å². The Bertz CT molecular complexity index is 1220. The summed E-state index contributed by atoms with van der Waals surface area (Å²) in [6, 6.07) is 33.1. The van der Waals surface area contributed by atoms with Crippen LogP contribution in [0.4, 0.5) is 0 Å². The van der Waals surface area contributed by atoms with Crippen molar-refractivity contribution < 1.29 is 0 Å². The van der Waals surface area contributed by atoms with Crippen LogP contribution in [-0.4, -0.2) is 7.85 Å². The fourth-order valence-corrected chi connectivity index (χ4v) is 3.91. The van der Waals surface area contributed by atoms with Crippen molar-refractivity contribution in [2.24, 2.45) is 0 Å². The third kappa shape index (κ3) is 2.24. The van der Waals surface area contributed by atoms with Crippen LogP contribution in [0, 0.1) is 0 Å². The van der Waals surface area contributed by atoms with E-state index in [4.69, 9.17) is 0 Å². The highest BCUT2D eigenvalue weighted by Crippen LogP contribution is 2.36. The van der Waals surface area contributed by atoms with Crippen molar-refractivity contribution in [1.29, 1.82) is 0 Å². The molecule has 0 atom stereocenters. The minimum Gasteiger partial charge on any atom is -0.0884 e. The van der Waals surface area contributed by atoms with Gasteiger partial charge < -0.3 is 0 Å². The topological polar surface area (TPSA) is 0 Å². The first-order chi connectivity index (χ1) is 12.3. The molecule has 0 fully saturated rings. The average molecular weight is 316 g/mol. The second-order valence-electron chi connectivity index (χ2n) is 6.72. The van der Waals surface area contributed by atoms with Crippen molar-refractivity contribution >= 4 is 45.6 Å². The highest BCUT2D eigenvalue weighted by Gasteiger charge is 2.09. The number of hydrogen-bond acceptors (Lipinski definition) is 0. The number of benzene rings is 5. The molecule has 5 rings (SSSR count). The zero-order valence-electron chi connectivity index (χ0n) is 14.2. The molecule has 1 heteroatoms. The molecule has 0 saturated carbocycles. The molecule has 0 unspecified atom stereocenters. The average Bonchev–Trinajstić information content (AvgIpc) is 2.68. The Morgan fingerprint density at radius 1 is 0.400 bits per heavy atom. The van der Waals surface area contributed by atoms with Crippen LogP contribution in [0.2, 0.25) is 0 Å². The third-order valence-electron chi connectivity index (χ3n) is 5.10. The molecule has 5 aromatic rings. The summed E-state index contributed by atoms with van der Waals surface area (Å²) < 4.78 is 0. The smallest absolute Gasteiger partial charge is 0.0884 e. The Balaban J connectivity index is 1.93. The van der Waals surface area contributed by atoms with Crippen LogP contribution < -0.4 is 5.46 Å². The monoisotopic (exact) mass is 316 g/mol. The molecule has 0 aliphatic heterocycles. The summed E-state index contributed by atoms with van der Waals surface area (Å²) in [5.41, 5.74) is 3.84. The Hall–Kier alpha value is -3.06. The van der Waals surface area contributed by atoms with E-state index in [-0.39, 0.29) is 0 Å². The molecule has 0 heterocycles. The van der Waals surface area contributed by atoms with Crippen molar-refractivity contribution in [3.8, 4) is 11.1 Å². The molecular formula is C24H17B. The highest BCUT2D eigenvalue weighted by molar-refractivity contribution is 6.32. The Morgan fingerprint density at radius 2 is 0.920 bits per heavy atom. The molecule has 0 saturated heterocycles. The fraction of sp³-hybridized carbons (Fsp3) is 0. The molecule has 0 N–H and O–H groups in total. The molecule has 0 radical (unpaired) electrons. The van der Waals surface area contributed by atoms with Gasteiger partial charge in [0.25, 0.3) is 0 Å². The van der Waals surface area contributed by atoms with Gasteiger partial charge in [-0.15, -0.1) is 0 Å². The molecule has 0 spiro atoms. The van der Waals surface area contributed by atoms with E-state index in [1.54, 1.807) is 0 Å². The van der Waals surface area contributed by atoms with Gasteiger partial charge in [0.2, 0.25) is 0 Å². The minimum atomic E-state index is 1.27. The lowest BCUT2D eigenvalue weighted by Gasteiger charge is -2.12. The van der Waals surface area contributed by atoms with Crippen molar-refractivity contribution in [3.63, 3.8) is 0 Å². The SMILES string of the molecule is Bc1cccc(-c2ccc3c4ccccc4c4ccccc4c3c2)c1. The third-order valence-corrected chi connectivity index (χ3v) is 5.10. The second-order valence-corrected chi connectivity index (χ2v) is 6.72. The molecule has 0 aliphatic carbocycles. The van der Waals surface area contributed by atoms with Gasteiger partial charge in [0, 0.05) is 0 Å². The summed E-state index contributed by atoms with van der Waals surface area (Å²) in [7, 11) is 2.15. The van der Waals surface area contributed by atoms with Crippen LogP contribution in [-0.2, 0) is 0 Å². The van der Waals surface area contributed by atoms with Crippen LogP contribution in [0.1, 0.15) is 0 Å². The van der Waals surface area contributed by atoms with Gasteiger partial charge in [-0.05, 0) is 49.5 Å². The molecular weight excluding hydrogens is 299 g/mol. The Kier molecular flexibility index (Phi) is 3.14. The first kappa shape index (κ1) is 14.3. The van der Waals surface area contributed by atoms with Gasteiger partial charge in [-0.1, -0.05) is 90.4 Å². The van der Waals surface area contributed by atoms with Gasteiger partial charge in [0.1, 0.15) is 7.85 Å². The van der Waals surface area contributed by atoms with Crippen LogP contribution in [0.15, 0.2) is 91.0 Å². The highest BCUT2D eigenvalue weighted by atomic mass is 14.1. The summed E-state index contributed by atoms with van der Waals surface area (Å²) in [5, 5.41) is 7.96. The molecule has 5 aromatic carbocycles. The van der Waals surface area contributed by atoms with E-state index in [9.17, 15) is 0 Å². The maximum absolute atomic E-state index is 2.35. The molecule has 0 aliphatic rings. The van der Waals surface area contributed by atoms with Gasteiger partial charge in [-0.2, -0.15) is 0 Å². The Labute approximate surface area is 148 Å². The molecule has 0 aromatic heterocycles. The summed E-state index contributed by atoms with van der Waals surface area (Å²) in [6.07, 6.45) is 0. The zero-order valence-corrected chi connectivity index (χ0v) is 14.2. The summed E-state index contributed by atoms with van der Waals surface area (Å²) >= 11 is 0. The van der Waals surface area contributed by atoms with Gasteiger partial charge in [-0.3, -0.25) is 0 Å². The predicted molar refractivity (Wildman–Crippen MR) is 113 cm³/mol. The number of fused-ring (bicyclic) bond motifs is 6. The lowest BCUT2D eigenvalue weighted by Crippen LogP contribution is -2.00. The van der Waals surface area contributed by atoms with E-state index in [1.165, 1.54) is 48.9 Å². The van der Waals surface area contributed by atoms with E-state index in [0.717, 1.165) is 0 Å². The van der Waals surface area contributed by atoms with Gasteiger partial charge in [0.15, 0.2) is 0 Å². The van der Waals surface area contributed by atoms with Crippen molar-refractivity contribution in [3.05, 3.63) is 91.0 Å². The second kappa shape index (κ2) is 5.49. The van der Waals surface area contributed by atoms with Gasteiger partial charge >= 0.3 is 0 Å². The molecule has 116 valence electrons. The molecule has 0 amide bonds. The largest absolute Gasteiger partial charge is 0.139 e. The zero-order chi connectivity index (χ0) is 16.8. The lowest BCUT2D eigenvalue weighted by molar-refractivity contribution is 1.68. The maximum atomic E-state index is 2.35. The van der Waals surface area contributed by atoms with E-state index >= 15 is 0 Å². The van der Waals surface area contributed by atoms with Crippen LogP contribution in [0.3, 0.4) is 0 Å². The number of rotatable bonds is 1. The standard InChI is InChI=1S/C24H17B/c25-18-7-5-6-16(14-18)17-12-13-23-21-10-2-1-8-19(21)20-9-3-4-11-22(20)24(23)15-17/h1-15H,25H2. The molecule has 25 heavy (non-hydrogen) atoms. The van der Waals surface area contributed by atoms with Crippen LogP contribution >= 0.6 is 0 Å². The summed E-state index contributed by atoms with van der Waals surface area (Å²) in [4.78, 5) is 0. The van der Waals surface area contributed by atoms with Crippen LogP contribution in [0.25, 0.3) is 43.4 Å². The first-order valence-corrected chi connectivity index (χ1v) is 8.71. The van der Waals surface area contributed by atoms with Gasteiger partial charge in [-0.25, -0.2) is 0 Å². The first-order valence-electron chi connectivity index (χ1n) is 8.71. The molecule has 0 nitrogen and oxygen atoms in total. The number of hydrogen-bond donors (Lipinski definition) is 0. The minimum absolute atomic E-state index is 1.27. The van der Waals surface area contributed by atoms with Crippen molar-refractivity contribution in [2.45, 2.75) is 0 Å². The van der Waals surface area contributed by atoms with Crippen molar-refractivity contribution in [1.82, 2.24) is 0 Å². The maximum Gasteiger partial charge on any atom is 0.139 e. The predicted octanol–water partition coefficient (Wildman–Crippen LogP) is 5.07. The lowest BCUT2D eigenvalue weighted by atomic mass is 9.90. The van der Waals surface area contributed by atoms with Crippen molar-refractivity contribution in [2.75, 3.05) is 0 Å². The normalized spacial score (nSPS) is 11.4. The Morgan fingerprint density at radius 3 is 1.52 bits per heavy atom. The quantitative estimate of drug-likeness (QED) is 0.299. The summed E-state index contributed by atoms with van der Waals surface area (Å²) in [5.74, 6) is 0. The fourth-order valence-electron chi connectivity index (χ4n) is 3.91.